The summed E-state index contributed by atoms with van der Waals surface area (Å²) in [6.45, 7) is 0. The van der Waals surface area contributed by atoms with Gasteiger partial charge in [-0.1, -0.05) is 78.9 Å². The Morgan fingerprint density at radius 3 is 2.06 bits per heavy atom. The van der Waals surface area contributed by atoms with Gasteiger partial charge in [-0.3, -0.25) is 14.4 Å². The molecule has 1 heterocycles. The number of carbonyl (C=O) groups is 3. The van der Waals surface area contributed by atoms with E-state index in [9.17, 15) is 14.4 Å². The number of anilines is 2. The number of methoxy groups -OCH3 is 2. The van der Waals surface area contributed by atoms with Gasteiger partial charge in [0, 0.05) is 33.9 Å². The zero-order valence-corrected chi connectivity index (χ0v) is 29.2. The van der Waals surface area contributed by atoms with Crippen LogP contribution in [-0.2, 0) is 9.59 Å². The Morgan fingerprint density at radius 1 is 0.712 bits per heavy atom. The fraction of sp³-hybridized carbons (Fsp3) is 0.0714. The molecule has 9 nitrogen and oxygen atoms in total. The van der Waals surface area contributed by atoms with Crippen molar-refractivity contribution < 1.29 is 28.3 Å². The van der Waals surface area contributed by atoms with Crippen LogP contribution in [0.1, 0.15) is 26.9 Å². The summed E-state index contributed by atoms with van der Waals surface area (Å²) >= 11 is 1.36. The molecule has 0 fully saturated rings. The number of furan rings is 1. The van der Waals surface area contributed by atoms with E-state index in [2.05, 4.69) is 16.0 Å². The summed E-state index contributed by atoms with van der Waals surface area (Å²) in [5.74, 6) is 0.855. The molecule has 3 N–H and O–H groups in total. The summed E-state index contributed by atoms with van der Waals surface area (Å²) in [4.78, 5) is 41.3. The molecule has 0 bridgehead atoms. The van der Waals surface area contributed by atoms with Crippen LogP contribution in [0.2, 0.25) is 0 Å². The van der Waals surface area contributed by atoms with Gasteiger partial charge >= 0.3 is 0 Å². The maximum atomic E-state index is 13.8. The summed E-state index contributed by atoms with van der Waals surface area (Å²) in [7, 11) is 3.09. The first-order valence-electron chi connectivity index (χ1n) is 16.3. The van der Waals surface area contributed by atoms with E-state index in [1.807, 2.05) is 84.9 Å². The summed E-state index contributed by atoms with van der Waals surface area (Å²) in [6.07, 6.45) is 1.49. The standard InChI is InChI=1S/C42H35N3O6S/c1-49-32-20-25-38(50-2)35(26-32)44-42(48)39(29-14-8-4-9-15-29)52-34-22-18-31(19-23-34)43-41(47)36(45-40(46)30-16-10-5-11-17-30)27-33-21-24-37(51-33)28-12-6-3-7-13-28/h3-27,39H,1-2H3,(H,43,47)(H,44,48)(H,45,46)/b36-27-/t39-/m0/s1. The highest BCUT2D eigenvalue weighted by molar-refractivity contribution is 8.00. The quantitative estimate of drug-likeness (QED) is 0.0810. The number of amides is 3. The van der Waals surface area contributed by atoms with E-state index in [4.69, 9.17) is 13.9 Å². The highest BCUT2D eigenvalue weighted by atomic mass is 32.2. The molecule has 0 spiro atoms. The minimum Gasteiger partial charge on any atom is -0.497 e. The van der Waals surface area contributed by atoms with E-state index in [-0.39, 0.29) is 11.6 Å². The molecule has 0 saturated carbocycles. The largest absolute Gasteiger partial charge is 0.497 e. The van der Waals surface area contributed by atoms with Gasteiger partial charge < -0.3 is 29.8 Å². The molecule has 0 aliphatic rings. The number of rotatable bonds is 13. The lowest BCUT2D eigenvalue weighted by atomic mass is 10.1. The number of ether oxygens (including phenoxy) is 2. The van der Waals surface area contributed by atoms with Crippen LogP contribution >= 0.6 is 11.8 Å². The third-order valence-corrected chi connectivity index (χ3v) is 9.14. The van der Waals surface area contributed by atoms with Crippen molar-refractivity contribution in [1.82, 2.24) is 5.32 Å². The van der Waals surface area contributed by atoms with Crippen molar-refractivity contribution in [3.8, 4) is 22.8 Å². The van der Waals surface area contributed by atoms with Crippen molar-refractivity contribution in [2.75, 3.05) is 24.9 Å². The molecule has 260 valence electrons. The third kappa shape index (κ3) is 8.98. The van der Waals surface area contributed by atoms with Gasteiger partial charge in [0.25, 0.3) is 11.8 Å². The molecule has 3 amide bonds. The summed E-state index contributed by atoms with van der Waals surface area (Å²) in [6, 6.07) is 43.5. The van der Waals surface area contributed by atoms with E-state index < -0.39 is 17.1 Å². The van der Waals surface area contributed by atoms with Gasteiger partial charge in [0.05, 0.1) is 19.9 Å². The van der Waals surface area contributed by atoms with Gasteiger partial charge in [0.2, 0.25) is 5.91 Å². The highest BCUT2D eigenvalue weighted by Crippen LogP contribution is 2.38. The predicted molar refractivity (Wildman–Crippen MR) is 204 cm³/mol. The molecule has 52 heavy (non-hydrogen) atoms. The summed E-state index contributed by atoms with van der Waals surface area (Å²) < 4.78 is 16.8. The van der Waals surface area contributed by atoms with Crippen molar-refractivity contribution in [3.05, 3.63) is 168 Å². The molecule has 0 radical (unpaired) electrons. The van der Waals surface area contributed by atoms with Gasteiger partial charge in [0.1, 0.15) is 34.0 Å². The Bertz CT molecular complexity index is 2170. The second kappa shape index (κ2) is 16.9. The fourth-order valence-electron chi connectivity index (χ4n) is 5.23. The van der Waals surface area contributed by atoms with Crippen molar-refractivity contribution >= 4 is 46.9 Å². The lowest BCUT2D eigenvalue weighted by molar-refractivity contribution is -0.116. The topological polar surface area (TPSA) is 119 Å². The lowest BCUT2D eigenvalue weighted by Crippen LogP contribution is -2.30. The SMILES string of the molecule is COc1ccc(OC)c(NC(=O)[C@@H](Sc2ccc(NC(=O)/C(=C/c3ccc(-c4ccccc4)o3)NC(=O)c3ccccc3)cc2)c2ccccc2)c1. The highest BCUT2D eigenvalue weighted by Gasteiger charge is 2.24. The fourth-order valence-corrected chi connectivity index (χ4v) is 6.26. The molecule has 10 heteroatoms. The predicted octanol–water partition coefficient (Wildman–Crippen LogP) is 8.85. The minimum atomic E-state index is -0.616. The lowest BCUT2D eigenvalue weighted by Gasteiger charge is -2.19. The van der Waals surface area contributed by atoms with Crippen LogP contribution in [0.3, 0.4) is 0 Å². The van der Waals surface area contributed by atoms with Gasteiger partial charge in [0.15, 0.2) is 0 Å². The number of nitrogens with one attached hydrogen (secondary N) is 3. The molecular weight excluding hydrogens is 675 g/mol. The van der Waals surface area contributed by atoms with E-state index in [1.54, 1.807) is 67.8 Å². The zero-order valence-electron chi connectivity index (χ0n) is 28.4. The van der Waals surface area contributed by atoms with Crippen molar-refractivity contribution in [3.63, 3.8) is 0 Å². The molecule has 6 aromatic rings. The van der Waals surface area contributed by atoms with Gasteiger partial charge in [-0.25, -0.2) is 0 Å². The molecule has 0 aliphatic carbocycles. The Morgan fingerprint density at radius 2 is 1.38 bits per heavy atom. The van der Waals surface area contributed by atoms with E-state index >= 15 is 0 Å². The first-order chi connectivity index (χ1) is 25.4. The molecular formula is C42H35N3O6S. The molecule has 6 rings (SSSR count). The minimum absolute atomic E-state index is 0.00458. The Hall–Kier alpha value is -6.52. The van der Waals surface area contributed by atoms with Crippen LogP contribution in [-0.4, -0.2) is 31.9 Å². The van der Waals surface area contributed by atoms with Crippen LogP contribution in [0.4, 0.5) is 11.4 Å². The smallest absolute Gasteiger partial charge is 0.272 e. The van der Waals surface area contributed by atoms with Crippen molar-refractivity contribution in [1.29, 1.82) is 0 Å². The second-order valence-corrected chi connectivity index (χ2v) is 12.6. The van der Waals surface area contributed by atoms with Crippen molar-refractivity contribution in [2.24, 2.45) is 0 Å². The van der Waals surface area contributed by atoms with E-state index in [0.717, 1.165) is 16.0 Å². The number of hydrogen-bond acceptors (Lipinski definition) is 7. The Kier molecular flexibility index (Phi) is 11.5. The molecule has 0 unspecified atom stereocenters. The van der Waals surface area contributed by atoms with Gasteiger partial charge in [-0.2, -0.15) is 0 Å². The number of hydrogen-bond donors (Lipinski definition) is 3. The molecule has 5 aromatic carbocycles. The van der Waals surface area contributed by atoms with E-state index in [0.29, 0.717) is 40.0 Å². The zero-order chi connectivity index (χ0) is 36.3. The molecule has 0 aliphatic heterocycles. The van der Waals surface area contributed by atoms with Crippen LogP contribution in [0.15, 0.2) is 161 Å². The average molecular weight is 710 g/mol. The van der Waals surface area contributed by atoms with Crippen molar-refractivity contribution in [2.45, 2.75) is 10.1 Å². The van der Waals surface area contributed by atoms with Gasteiger partial charge in [-0.15, -0.1) is 11.8 Å². The normalized spacial score (nSPS) is 11.6. The Labute approximate surface area is 305 Å². The first-order valence-corrected chi connectivity index (χ1v) is 17.2. The molecule has 0 saturated heterocycles. The molecule has 1 atom stereocenters. The number of thioether (sulfide) groups is 1. The number of carbonyl (C=O) groups excluding carboxylic acids is 3. The summed E-state index contributed by atoms with van der Waals surface area (Å²) in [5, 5.41) is 7.99. The Balaban J connectivity index is 1.20. The van der Waals surface area contributed by atoms with Gasteiger partial charge in [-0.05, 0) is 66.2 Å². The average Bonchev–Trinajstić information content (AvgIpc) is 3.67. The molecule has 1 aromatic heterocycles. The third-order valence-electron chi connectivity index (χ3n) is 7.87. The summed E-state index contributed by atoms with van der Waals surface area (Å²) in [5.41, 5.74) is 3.05. The maximum Gasteiger partial charge on any atom is 0.272 e. The van der Waals surface area contributed by atoms with Crippen LogP contribution < -0.4 is 25.4 Å². The second-order valence-electron chi connectivity index (χ2n) is 11.4. The number of benzene rings is 5. The first kappa shape index (κ1) is 35.3. The maximum absolute atomic E-state index is 13.8. The van der Waals surface area contributed by atoms with E-state index in [1.165, 1.54) is 24.9 Å². The van der Waals surface area contributed by atoms with Crippen LogP contribution in [0.25, 0.3) is 17.4 Å². The van der Waals surface area contributed by atoms with Crippen LogP contribution in [0.5, 0.6) is 11.5 Å². The van der Waals surface area contributed by atoms with Crippen LogP contribution in [0, 0.1) is 0 Å². The monoisotopic (exact) mass is 709 g/mol.